The number of anilines is 1. The second-order valence-electron chi connectivity index (χ2n) is 9.15. The summed E-state index contributed by atoms with van der Waals surface area (Å²) in [6, 6.07) is 14.2. The highest BCUT2D eigenvalue weighted by atomic mass is 32.2. The van der Waals surface area contributed by atoms with Crippen LogP contribution in [0.3, 0.4) is 0 Å². The number of hydrogen-bond donors (Lipinski definition) is 2. The summed E-state index contributed by atoms with van der Waals surface area (Å²) < 4.78 is 5.77. The van der Waals surface area contributed by atoms with Crippen molar-refractivity contribution < 1.29 is 9.53 Å². The number of thioether (sulfide) groups is 1. The largest absolute Gasteiger partial charge is 0.493 e. The van der Waals surface area contributed by atoms with Crippen LogP contribution in [-0.2, 0) is 6.54 Å². The molecular formula is C27H31N3O2S. The lowest BCUT2D eigenvalue weighted by Crippen LogP contribution is -2.32. The topological polar surface area (TPSA) is 63.2 Å². The number of benzene rings is 2. The lowest BCUT2D eigenvalue weighted by molar-refractivity contribution is 0.102. The second kappa shape index (κ2) is 10.1. The standard InChI is InChI=1S/C27H31N3O2S/c1-18-25(30-27(31)21-4-7-24(8-5-21)32-17-19-2-3-19)9-6-22-14-20(16-29-26(18)22)15-28-23-10-12-33-13-11-23/h4-9,14,16,19,23,28H,2-3,10-13,15,17H2,1H3,(H,30,31). The van der Waals surface area contributed by atoms with Gasteiger partial charge in [-0.15, -0.1) is 0 Å². The molecule has 5 rings (SSSR count). The van der Waals surface area contributed by atoms with Gasteiger partial charge in [0.25, 0.3) is 5.91 Å². The Bertz CT molecular complexity index is 1120. The fourth-order valence-electron chi connectivity index (χ4n) is 4.19. The van der Waals surface area contributed by atoms with Gasteiger partial charge in [0.2, 0.25) is 0 Å². The highest BCUT2D eigenvalue weighted by Gasteiger charge is 2.22. The zero-order valence-electron chi connectivity index (χ0n) is 19.1. The van der Waals surface area contributed by atoms with E-state index in [2.05, 4.69) is 16.7 Å². The summed E-state index contributed by atoms with van der Waals surface area (Å²) in [6.07, 6.45) is 6.96. The average Bonchev–Trinajstić information content (AvgIpc) is 3.69. The first-order chi connectivity index (χ1) is 16.2. The minimum atomic E-state index is -0.127. The van der Waals surface area contributed by atoms with Crippen molar-refractivity contribution in [2.75, 3.05) is 23.4 Å². The number of amides is 1. The zero-order valence-corrected chi connectivity index (χ0v) is 19.9. The molecule has 6 heteroatoms. The number of aromatic nitrogens is 1. The maximum absolute atomic E-state index is 12.8. The predicted octanol–water partition coefficient (Wildman–Crippen LogP) is 5.57. The highest BCUT2D eigenvalue weighted by Crippen LogP contribution is 2.30. The van der Waals surface area contributed by atoms with Crippen molar-refractivity contribution in [2.24, 2.45) is 5.92 Å². The van der Waals surface area contributed by atoms with E-state index in [4.69, 9.17) is 9.72 Å². The van der Waals surface area contributed by atoms with Gasteiger partial charge in [-0.05, 0) is 97.6 Å². The Morgan fingerprint density at radius 1 is 1.09 bits per heavy atom. The predicted molar refractivity (Wildman–Crippen MR) is 136 cm³/mol. The lowest BCUT2D eigenvalue weighted by atomic mass is 10.1. The van der Waals surface area contributed by atoms with Crippen LogP contribution in [-0.4, -0.2) is 35.0 Å². The van der Waals surface area contributed by atoms with Crippen LogP contribution in [0.15, 0.2) is 48.7 Å². The van der Waals surface area contributed by atoms with Gasteiger partial charge >= 0.3 is 0 Å². The maximum atomic E-state index is 12.8. The normalized spacial score (nSPS) is 16.6. The molecule has 0 radical (unpaired) electrons. The minimum Gasteiger partial charge on any atom is -0.493 e. The molecule has 1 aliphatic heterocycles. The fraction of sp³-hybridized carbons (Fsp3) is 0.407. The van der Waals surface area contributed by atoms with E-state index in [-0.39, 0.29) is 5.91 Å². The average molecular weight is 462 g/mol. The summed E-state index contributed by atoms with van der Waals surface area (Å²) in [5.41, 5.74) is 4.51. The molecule has 172 valence electrons. The third-order valence-corrected chi connectivity index (χ3v) is 7.57. The summed E-state index contributed by atoms with van der Waals surface area (Å²) in [4.78, 5) is 17.5. The molecule has 1 amide bonds. The van der Waals surface area contributed by atoms with Gasteiger partial charge in [-0.25, -0.2) is 0 Å². The first-order valence-corrected chi connectivity index (χ1v) is 13.0. The van der Waals surface area contributed by atoms with Gasteiger partial charge in [0.05, 0.1) is 12.1 Å². The number of carbonyl (C=O) groups is 1. The van der Waals surface area contributed by atoms with Gasteiger partial charge in [0, 0.05) is 35.4 Å². The van der Waals surface area contributed by atoms with Crippen molar-refractivity contribution >= 4 is 34.3 Å². The second-order valence-corrected chi connectivity index (χ2v) is 10.4. The van der Waals surface area contributed by atoms with Crippen molar-refractivity contribution in [1.82, 2.24) is 10.3 Å². The first-order valence-electron chi connectivity index (χ1n) is 11.9. The molecule has 2 aliphatic rings. The number of nitrogens with one attached hydrogen (secondary N) is 2. The van der Waals surface area contributed by atoms with Crippen molar-refractivity contribution in [3.05, 3.63) is 65.4 Å². The van der Waals surface area contributed by atoms with E-state index in [1.54, 1.807) is 0 Å². The van der Waals surface area contributed by atoms with E-state index in [1.807, 2.05) is 61.3 Å². The van der Waals surface area contributed by atoms with E-state index in [0.29, 0.717) is 17.5 Å². The lowest BCUT2D eigenvalue weighted by Gasteiger charge is -2.22. The summed E-state index contributed by atoms with van der Waals surface area (Å²) >= 11 is 2.05. The molecule has 0 spiro atoms. The van der Waals surface area contributed by atoms with Crippen molar-refractivity contribution in [3.63, 3.8) is 0 Å². The van der Waals surface area contributed by atoms with Crippen LogP contribution >= 0.6 is 11.8 Å². The molecule has 2 heterocycles. The Morgan fingerprint density at radius 2 is 1.88 bits per heavy atom. The van der Waals surface area contributed by atoms with Crippen LogP contribution in [0.2, 0.25) is 0 Å². The fourth-order valence-corrected chi connectivity index (χ4v) is 5.29. The van der Waals surface area contributed by atoms with Crippen LogP contribution < -0.4 is 15.4 Å². The summed E-state index contributed by atoms with van der Waals surface area (Å²) in [6.45, 7) is 3.62. The Labute approximate surface area is 199 Å². The SMILES string of the molecule is Cc1c(NC(=O)c2ccc(OCC3CC3)cc2)ccc2cc(CNC3CCSCC3)cnc12. The van der Waals surface area contributed by atoms with Crippen LogP contribution in [0.4, 0.5) is 5.69 Å². The van der Waals surface area contributed by atoms with Gasteiger partial charge in [-0.3, -0.25) is 9.78 Å². The van der Waals surface area contributed by atoms with Gasteiger partial charge in [-0.2, -0.15) is 11.8 Å². The highest BCUT2D eigenvalue weighted by molar-refractivity contribution is 7.99. The quantitative estimate of drug-likeness (QED) is 0.459. The van der Waals surface area contributed by atoms with E-state index >= 15 is 0 Å². The van der Waals surface area contributed by atoms with Crippen LogP contribution in [0, 0.1) is 12.8 Å². The molecule has 0 unspecified atom stereocenters. The minimum absolute atomic E-state index is 0.127. The van der Waals surface area contributed by atoms with E-state index in [0.717, 1.165) is 41.1 Å². The number of aryl methyl sites for hydroxylation is 1. The third-order valence-electron chi connectivity index (χ3n) is 6.53. The third kappa shape index (κ3) is 5.68. The van der Waals surface area contributed by atoms with Crippen LogP contribution in [0.25, 0.3) is 10.9 Å². The van der Waals surface area contributed by atoms with E-state index in [9.17, 15) is 4.79 Å². The molecule has 5 nitrogen and oxygen atoms in total. The molecule has 1 aromatic heterocycles. The smallest absolute Gasteiger partial charge is 0.255 e. The number of carbonyl (C=O) groups excluding carboxylic acids is 1. The number of nitrogens with zero attached hydrogens (tertiary/aromatic N) is 1. The molecule has 33 heavy (non-hydrogen) atoms. The molecule has 0 bridgehead atoms. The molecule has 0 atom stereocenters. The Morgan fingerprint density at radius 3 is 2.64 bits per heavy atom. The molecule has 1 saturated carbocycles. The number of ether oxygens (including phenoxy) is 1. The molecule has 2 fully saturated rings. The van der Waals surface area contributed by atoms with E-state index < -0.39 is 0 Å². The monoisotopic (exact) mass is 461 g/mol. The number of pyridine rings is 1. The van der Waals surface area contributed by atoms with Crippen molar-refractivity contribution in [2.45, 2.75) is 45.2 Å². The molecule has 2 aromatic carbocycles. The molecule has 2 N–H and O–H groups in total. The van der Waals surface area contributed by atoms with Crippen LogP contribution in [0.1, 0.15) is 47.2 Å². The van der Waals surface area contributed by atoms with Gasteiger partial charge in [0.15, 0.2) is 0 Å². The summed E-state index contributed by atoms with van der Waals surface area (Å²) in [5, 5.41) is 7.82. The zero-order chi connectivity index (χ0) is 22.6. The number of fused-ring (bicyclic) bond motifs is 1. The van der Waals surface area contributed by atoms with Gasteiger partial charge in [0.1, 0.15) is 5.75 Å². The Balaban J connectivity index is 1.23. The van der Waals surface area contributed by atoms with E-state index in [1.165, 1.54) is 42.8 Å². The summed E-state index contributed by atoms with van der Waals surface area (Å²) in [7, 11) is 0. The molecular weight excluding hydrogens is 430 g/mol. The maximum Gasteiger partial charge on any atom is 0.255 e. The Kier molecular flexibility index (Phi) is 6.83. The van der Waals surface area contributed by atoms with Gasteiger partial charge in [-0.1, -0.05) is 6.07 Å². The molecule has 3 aromatic rings. The molecule has 1 aliphatic carbocycles. The number of rotatable bonds is 8. The first kappa shape index (κ1) is 22.2. The summed E-state index contributed by atoms with van der Waals surface area (Å²) in [5.74, 6) is 3.90. The van der Waals surface area contributed by atoms with Crippen molar-refractivity contribution in [1.29, 1.82) is 0 Å². The number of hydrogen-bond acceptors (Lipinski definition) is 5. The van der Waals surface area contributed by atoms with Crippen molar-refractivity contribution in [3.8, 4) is 5.75 Å². The molecule has 1 saturated heterocycles. The Hall–Kier alpha value is -2.57. The van der Waals surface area contributed by atoms with Gasteiger partial charge < -0.3 is 15.4 Å². The van der Waals surface area contributed by atoms with Crippen LogP contribution in [0.5, 0.6) is 5.75 Å².